The van der Waals surface area contributed by atoms with Gasteiger partial charge < -0.3 is 9.47 Å². The van der Waals surface area contributed by atoms with Crippen LogP contribution >= 0.6 is 63.7 Å². The van der Waals surface area contributed by atoms with Gasteiger partial charge in [0, 0.05) is 23.3 Å². The molecule has 0 aliphatic carbocycles. The molecule has 2 aromatic carbocycles. The normalized spacial score (nSPS) is 12.6. The first kappa shape index (κ1) is 26.9. The molecule has 0 unspecified atom stereocenters. The molecule has 0 aliphatic heterocycles. The monoisotopic (exact) mass is 680 g/mol. The first-order valence-electron chi connectivity index (χ1n) is 9.84. The smallest absolute Gasteiger partial charge is 0.428 e. The number of hydrogen-bond acceptors (Lipinski definition) is 3. The molecule has 3 nitrogen and oxygen atoms in total. The highest BCUT2D eigenvalue weighted by molar-refractivity contribution is 9.11. The molecule has 7 heteroatoms. The van der Waals surface area contributed by atoms with Crippen LogP contribution in [-0.2, 0) is 15.6 Å². The van der Waals surface area contributed by atoms with Gasteiger partial charge >= 0.3 is 6.16 Å². The van der Waals surface area contributed by atoms with Crippen molar-refractivity contribution in [1.29, 1.82) is 0 Å². The molecule has 0 atom stereocenters. The van der Waals surface area contributed by atoms with Gasteiger partial charge in [0.15, 0.2) is 0 Å². The van der Waals surface area contributed by atoms with Crippen LogP contribution in [0.25, 0.3) is 0 Å². The van der Waals surface area contributed by atoms with E-state index in [1.165, 1.54) is 5.56 Å². The van der Waals surface area contributed by atoms with E-state index in [1.807, 2.05) is 0 Å². The third kappa shape index (κ3) is 6.58. The number of halogens is 4. The minimum atomic E-state index is -0.735. The summed E-state index contributed by atoms with van der Waals surface area (Å²) >= 11 is 15.0. The van der Waals surface area contributed by atoms with Crippen LogP contribution < -0.4 is 4.74 Å². The third-order valence-corrected chi connectivity index (χ3v) is 7.27. The van der Waals surface area contributed by atoms with Crippen LogP contribution in [0.5, 0.6) is 5.75 Å². The molecule has 0 saturated carbocycles. The molecule has 0 saturated heterocycles. The molecule has 0 fully saturated rings. The molecule has 0 N–H and O–H groups in total. The Balaban J connectivity index is 2.50. The van der Waals surface area contributed by atoms with E-state index in [9.17, 15) is 4.79 Å². The lowest BCUT2D eigenvalue weighted by Gasteiger charge is -2.32. The van der Waals surface area contributed by atoms with Crippen LogP contribution in [0.1, 0.15) is 72.1 Å². The van der Waals surface area contributed by atoms with E-state index in [1.54, 1.807) is 32.9 Å². The molecule has 0 heterocycles. The van der Waals surface area contributed by atoms with Gasteiger partial charge in [-0.05, 0) is 67.1 Å². The maximum absolute atomic E-state index is 12.1. The van der Waals surface area contributed by atoms with E-state index in [4.69, 9.17) is 9.47 Å². The molecule has 0 radical (unpaired) electrons. The van der Waals surface area contributed by atoms with Crippen molar-refractivity contribution in [3.05, 3.63) is 58.8 Å². The van der Waals surface area contributed by atoms with Crippen LogP contribution in [0.4, 0.5) is 4.79 Å². The molecule has 170 valence electrons. The van der Waals surface area contributed by atoms with E-state index in [-0.39, 0.29) is 10.8 Å². The number of carbonyl (C=O) groups excluding carboxylic acids is 1. The lowest BCUT2D eigenvalue weighted by Crippen LogP contribution is -2.26. The number of rotatable bonds is 3. The standard InChI is InChI=1S/C24H28Br4O3/c1-22(2,3)13-9-15(25)19(16(26)10-13)24(7,8)20-17(27)11-14(12-18(20)28)30-21(29)31-23(4,5)6/h9-12H,1-8H3. The summed E-state index contributed by atoms with van der Waals surface area (Å²) in [4.78, 5) is 12.1. The van der Waals surface area contributed by atoms with Gasteiger partial charge in [0.2, 0.25) is 0 Å². The van der Waals surface area contributed by atoms with Gasteiger partial charge in [-0.15, -0.1) is 0 Å². The summed E-state index contributed by atoms with van der Waals surface area (Å²) in [5.41, 5.74) is 2.44. The van der Waals surface area contributed by atoms with Crippen LogP contribution in [-0.4, -0.2) is 11.8 Å². The van der Waals surface area contributed by atoms with E-state index in [2.05, 4.69) is 110 Å². The second-order valence-corrected chi connectivity index (χ2v) is 13.4. The van der Waals surface area contributed by atoms with Crippen molar-refractivity contribution in [2.24, 2.45) is 0 Å². The van der Waals surface area contributed by atoms with E-state index >= 15 is 0 Å². The molecule has 0 amide bonds. The number of benzene rings is 2. The average Bonchev–Trinajstić information content (AvgIpc) is 2.49. The van der Waals surface area contributed by atoms with Gasteiger partial charge in [0.05, 0.1) is 0 Å². The second kappa shape index (κ2) is 9.47. The third-order valence-electron chi connectivity index (χ3n) is 4.76. The predicted molar refractivity (Wildman–Crippen MR) is 141 cm³/mol. The number of carbonyl (C=O) groups is 1. The topological polar surface area (TPSA) is 35.5 Å². The Kier molecular flexibility index (Phi) is 8.22. The molecular formula is C24H28Br4O3. The van der Waals surface area contributed by atoms with Gasteiger partial charge in [0.25, 0.3) is 0 Å². The molecular weight excluding hydrogens is 656 g/mol. The molecule has 2 rings (SSSR count). The zero-order chi connectivity index (χ0) is 23.9. The van der Waals surface area contributed by atoms with Crippen LogP contribution in [0, 0.1) is 0 Å². The maximum Gasteiger partial charge on any atom is 0.514 e. The average molecular weight is 684 g/mol. The van der Waals surface area contributed by atoms with Gasteiger partial charge in [-0.2, -0.15) is 0 Å². The van der Waals surface area contributed by atoms with E-state index < -0.39 is 11.8 Å². The summed E-state index contributed by atoms with van der Waals surface area (Å²) in [6.07, 6.45) is -0.735. The Morgan fingerprint density at radius 3 is 1.45 bits per heavy atom. The fourth-order valence-corrected chi connectivity index (χ4v) is 7.61. The van der Waals surface area contributed by atoms with E-state index in [0.717, 1.165) is 29.0 Å². The predicted octanol–water partition coefficient (Wildman–Crippen LogP) is 9.67. The van der Waals surface area contributed by atoms with Crippen molar-refractivity contribution >= 4 is 69.9 Å². The molecule has 0 bridgehead atoms. The summed E-state index contributed by atoms with van der Waals surface area (Å²) in [6, 6.07) is 7.95. The van der Waals surface area contributed by atoms with Crippen LogP contribution in [0.2, 0.25) is 0 Å². The van der Waals surface area contributed by atoms with Crippen molar-refractivity contribution in [1.82, 2.24) is 0 Å². The zero-order valence-electron chi connectivity index (χ0n) is 19.0. The summed E-state index contributed by atoms with van der Waals surface area (Å²) in [6.45, 7) is 16.3. The van der Waals surface area contributed by atoms with Crippen molar-refractivity contribution < 1.29 is 14.3 Å². The minimum absolute atomic E-state index is 0.0372. The highest BCUT2D eigenvalue weighted by Gasteiger charge is 2.33. The molecule has 0 aliphatic rings. The highest BCUT2D eigenvalue weighted by Crippen LogP contribution is 2.48. The first-order valence-corrected chi connectivity index (χ1v) is 13.0. The van der Waals surface area contributed by atoms with Crippen LogP contribution in [0.3, 0.4) is 0 Å². The Bertz CT molecular complexity index is 953. The fraction of sp³-hybridized carbons (Fsp3) is 0.458. The number of hydrogen-bond donors (Lipinski definition) is 0. The van der Waals surface area contributed by atoms with E-state index in [0.29, 0.717) is 5.75 Å². The van der Waals surface area contributed by atoms with Gasteiger partial charge in [-0.3, -0.25) is 0 Å². The quantitative estimate of drug-likeness (QED) is 0.239. The zero-order valence-corrected chi connectivity index (χ0v) is 25.4. The fourth-order valence-electron chi connectivity index (χ4n) is 3.30. The highest BCUT2D eigenvalue weighted by atomic mass is 79.9. The molecule has 0 aromatic heterocycles. The van der Waals surface area contributed by atoms with Crippen molar-refractivity contribution in [2.75, 3.05) is 0 Å². The summed E-state index contributed by atoms with van der Waals surface area (Å²) < 4.78 is 14.4. The second-order valence-electron chi connectivity index (χ2n) is 10.0. The van der Waals surface area contributed by atoms with Crippen LogP contribution in [0.15, 0.2) is 42.2 Å². The summed E-state index contributed by atoms with van der Waals surface area (Å²) in [5, 5.41) is 0. The summed E-state index contributed by atoms with van der Waals surface area (Å²) in [7, 11) is 0. The molecule has 0 spiro atoms. The Morgan fingerprint density at radius 1 is 0.710 bits per heavy atom. The van der Waals surface area contributed by atoms with Crippen molar-refractivity contribution in [3.8, 4) is 5.75 Å². The number of ether oxygens (including phenoxy) is 2. The largest absolute Gasteiger partial charge is 0.514 e. The Hall–Kier alpha value is -0.370. The van der Waals surface area contributed by atoms with Gasteiger partial charge in [0.1, 0.15) is 11.4 Å². The van der Waals surface area contributed by atoms with Gasteiger partial charge in [-0.25, -0.2) is 4.79 Å². The Morgan fingerprint density at radius 2 is 1.10 bits per heavy atom. The van der Waals surface area contributed by atoms with Crippen molar-refractivity contribution in [2.45, 2.75) is 71.8 Å². The summed E-state index contributed by atoms with van der Waals surface area (Å²) in [5.74, 6) is 0.397. The van der Waals surface area contributed by atoms with Gasteiger partial charge in [-0.1, -0.05) is 98.3 Å². The molecule has 31 heavy (non-hydrogen) atoms. The lowest BCUT2D eigenvalue weighted by atomic mass is 9.76. The Labute approximate surface area is 219 Å². The first-order chi connectivity index (χ1) is 13.9. The van der Waals surface area contributed by atoms with Crippen molar-refractivity contribution in [3.63, 3.8) is 0 Å². The maximum atomic E-state index is 12.1. The molecule has 2 aromatic rings. The lowest BCUT2D eigenvalue weighted by molar-refractivity contribution is 0.0206. The SMILES string of the molecule is CC(C)(C)OC(=O)Oc1cc(Br)c(C(C)(C)c2c(Br)cc(C(C)(C)C)cc2Br)c(Br)c1. The minimum Gasteiger partial charge on any atom is -0.428 e.